The second-order valence-corrected chi connectivity index (χ2v) is 10.1. The fourth-order valence-electron chi connectivity index (χ4n) is 4.49. The Balaban J connectivity index is 1.28. The fourth-order valence-corrected chi connectivity index (χ4v) is 5.96. The van der Waals surface area contributed by atoms with E-state index < -0.39 is 5.92 Å². The maximum atomic E-state index is 12.8. The van der Waals surface area contributed by atoms with Crippen LogP contribution < -0.4 is 10.1 Å². The van der Waals surface area contributed by atoms with Crippen molar-refractivity contribution in [1.29, 1.82) is 5.26 Å². The maximum Gasteiger partial charge on any atom is 0.410 e. The normalized spacial score (nSPS) is 18.9. The van der Waals surface area contributed by atoms with Gasteiger partial charge in [-0.25, -0.2) is 4.79 Å². The van der Waals surface area contributed by atoms with E-state index in [4.69, 9.17) is 9.47 Å². The number of hydrogen-bond acceptors (Lipinski definition) is 7. The third-order valence-electron chi connectivity index (χ3n) is 6.41. The maximum absolute atomic E-state index is 12.8. The van der Waals surface area contributed by atoms with Gasteiger partial charge in [-0.15, -0.1) is 11.8 Å². The minimum atomic E-state index is -0.396. The summed E-state index contributed by atoms with van der Waals surface area (Å²) in [6.07, 6.45) is 5.16. The second kappa shape index (κ2) is 12.0. The number of methoxy groups -OCH3 is 1. The van der Waals surface area contributed by atoms with Crippen LogP contribution in [0, 0.1) is 24.2 Å². The number of pyridine rings is 1. The van der Waals surface area contributed by atoms with E-state index in [1.807, 2.05) is 37.3 Å². The van der Waals surface area contributed by atoms with E-state index in [0.29, 0.717) is 45.4 Å². The van der Waals surface area contributed by atoms with Crippen molar-refractivity contribution in [2.24, 2.45) is 5.92 Å². The molecule has 2 amide bonds. The zero-order chi connectivity index (χ0) is 25.5. The van der Waals surface area contributed by atoms with E-state index >= 15 is 0 Å². The molecule has 0 fully saturated rings. The summed E-state index contributed by atoms with van der Waals surface area (Å²) < 4.78 is 10.9. The molecule has 2 aromatic rings. The van der Waals surface area contributed by atoms with Crippen molar-refractivity contribution >= 4 is 23.8 Å². The third kappa shape index (κ3) is 6.18. The molecule has 2 atom stereocenters. The molecular weight excluding hydrogens is 476 g/mol. The largest absolute Gasteiger partial charge is 0.496 e. The predicted molar refractivity (Wildman–Crippen MR) is 137 cm³/mol. The lowest BCUT2D eigenvalue weighted by Crippen LogP contribution is -2.37. The molecule has 3 heterocycles. The van der Waals surface area contributed by atoms with Crippen molar-refractivity contribution in [3.8, 4) is 11.8 Å². The number of aryl methyl sites for hydroxylation is 2. The fraction of sp³-hybridized carbons (Fsp3) is 0.407. The van der Waals surface area contributed by atoms with Crippen LogP contribution in [0.4, 0.5) is 4.79 Å². The zero-order valence-electron chi connectivity index (χ0n) is 20.5. The number of nitrogens with zero attached hydrogens (tertiary/aromatic N) is 3. The second-order valence-electron chi connectivity index (χ2n) is 8.87. The van der Waals surface area contributed by atoms with Crippen molar-refractivity contribution in [3.05, 3.63) is 69.9 Å². The number of ether oxygens (including phenoxy) is 2. The quantitative estimate of drug-likeness (QED) is 0.577. The zero-order valence-corrected chi connectivity index (χ0v) is 21.3. The SMILES string of the molecule is COc1ccc(C)cc1CCC(=O)NC1SC2=C(CCN(C(=O)OCCc3ccncc3)C2)C1C#N. The Morgan fingerprint density at radius 1 is 1.25 bits per heavy atom. The molecule has 4 rings (SSSR count). The number of nitriles is 1. The highest BCUT2D eigenvalue weighted by Gasteiger charge is 2.40. The molecule has 1 aromatic heterocycles. The highest BCUT2D eigenvalue weighted by molar-refractivity contribution is 8.04. The first-order chi connectivity index (χ1) is 17.5. The van der Waals surface area contributed by atoms with Crippen LogP contribution in [0.15, 0.2) is 53.2 Å². The molecule has 8 nitrogen and oxygen atoms in total. The van der Waals surface area contributed by atoms with Crippen LogP contribution >= 0.6 is 11.8 Å². The van der Waals surface area contributed by atoms with E-state index in [1.165, 1.54) is 11.8 Å². The lowest BCUT2D eigenvalue weighted by atomic mass is 9.94. The van der Waals surface area contributed by atoms with Crippen molar-refractivity contribution in [2.45, 2.75) is 38.0 Å². The Bertz CT molecular complexity index is 1180. The van der Waals surface area contributed by atoms with Crippen LogP contribution in [0.2, 0.25) is 0 Å². The molecule has 36 heavy (non-hydrogen) atoms. The lowest BCUT2D eigenvalue weighted by molar-refractivity contribution is -0.121. The first-order valence-electron chi connectivity index (χ1n) is 12.0. The lowest BCUT2D eigenvalue weighted by Gasteiger charge is -2.27. The van der Waals surface area contributed by atoms with Crippen molar-refractivity contribution in [1.82, 2.24) is 15.2 Å². The average Bonchev–Trinajstić information content (AvgIpc) is 3.24. The van der Waals surface area contributed by atoms with Crippen LogP contribution in [0.5, 0.6) is 5.75 Å². The van der Waals surface area contributed by atoms with E-state index in [0.717, 1.165) is 32.9 Å². The number of carbonyl (C=O) groups excluding carboxylic acids is 2. The van der Waals surface area contributed by atoms with Gasteiger partial charge in [0.25, 0.3) is 0 Å². The molecule has 0 bridgehead atoms. The molecule has 0 aliphatic carbocycles. The van der Waals surface area contributed by atoms with Crippen LogP contribution in [-0.4, -0.2) is 54.1 Å². The first kappa shape index (κ1) is 25.6. The van der Waals surface area contributed by atoms with Crippen LogP contribution in [0.3, 0.4) is 0 Å². The number of nitrogens with one attached hydrogen (secondary N) is 1. The number of rotatable bonds is 8. The molecule has 0 spiro atoms. The number of carbonyl (C=O) groups is 2. The van der Waals surface area contributed by atoms with Gasteiger partial charge in [-0.1, -0.05) is 17.7 Å². The van der Waals surface area contributed by atoms with Gasteiger partial charge in [0.2, 0.25) is 5.91 Å². The Morgan fingerprint density at radius 2 is 2.06 bits per heavy atom. The van der Waals surface area contributed by atoms with Gasteiger partial charge in [-0.3, -0.25) is 9.78 Å². The molecular formula is C27H30N4O4S. The number of benzene rings is 1. The molecule has 1 aromatic carbocycles. The number of amides is 2. The molecule has 0 radical (unpaired) electrons. The minimum absolute atomic E-state index is 0.108. The van der Waals surface area contributed by atoms with Crippen LogP contribution in [0.1, 0.15) is 29.5 Å². The van der Waals surface area contributed by atoms with Gasteiger partial charge < -0.3 is 19.7 Å². The average molecular weight is 507 g/mol. The Labute approximate surface area is 215 Å². The van der Waals surface area contributed by atoms with E-state index in [2.05, 4.69) is 16.4 Å². The number of hydrogen-bond donors (Lipinski definition) is 1. The molecule has 1 N–H and O–H groups in total. The standard InChI is InChI=1S/C27H30N4O4S/c1-18-3-5-23(34-2)20(15-18)4-6-25(32)30-26-22(16-28)21-9-13-31(17-24(21)36-26)27(33)35-14-10-19-7-11-29-12-8-19/h3,5,7-8,11-12,15,22,26H,4,6,9-10,13-14,17H2,1-2H3,(H,30,32). The van der Waals surface area contributed by atoms with E-state index in [1.54, 1.807) is 24.4 Å². The number of aromatic nitrogens is 1. The molecule has 2 aliphatic rings. The van der Waals surface area contributed by atoms with Crippen molar-refractivity contribution < 1.29 is 19.1 Å². The van der Waals surface area contributed by atoms with E-state index in [-0.39, 0.29) is 17.4 Å². The first-order valence-corrected chi connectivity index (χ1v) is 12.9. The minimum Gasteiger partial charge on any atom is -0.496 e. The van der Waals surface area contributed by atoms with E-state index in [9.17, 15) is 14.9 Å². The number of thioether (sulfide) groups is 1. The Hall–Kier alpha value is -3.51. The van der Waals surface area contributed by atoms with Crippen molar-refractivity contribution in [2.75, 3.05) is 26.8 Å². The van der Waals surface area contributed by atoms with Crippen LogP contribution in [0.25, 0.3) is 0 Å². The topological polar surface area (TPSA) is 105 Å². The summed E-state index contributed by atoms with van der Waals surface area (Å²) in [6.45, 7) is 3.20. The van der Waals surface area contributed by atoms with Gasteiger partial charge >= 0.3 is 6.09 Å². The predicted octanol–water partition coefficient (Wildman–Crippen LogP) is 4.00. The van der Waals surface area contributed by atoms with Gasteiger partial charge in [0.05, 0.1) is 37.6 Å². The summed E-state index contributed by atoms with van der Waals surface area (Å²) in [5.74, 6) is 0.263. The molecule has 2 unspecified atom stereocenters. The summed E-state index contributed by atoms with van der Waals surface area (Å²) in [6, 6.07) is 12.1. The third-order valence-corrected chi connectivity index (χ3v) is 7.73. The summed E-state index contributed by atoms with van der Waals surface area (Å²) in [5.41, 5.74) is 4.18. The van der Waals surface area contributed by atoms with Gasteiger partial charge in [0.15, 0.2) is 0 Å². The van der Waals surface area contributed by atoms with Crippen LogP contribution in [-0.2, 0) is 22.4 Å². The molecule has 0 saturated carbocycles. The van der Waals surface area contributed by atoms with Gasteiger partial charge in [0.1, 0.15) is 5.75 Å². The highest BCUT2D eigenvalue weighted by Crippen LogP contribution is 2.44. The Kier molecular flexibility index (Phi) is 8.49. The van der Waals surface area contributed by atoms with Crippen molar-refractivity contribution in [3.63, 3.8) is 0 Å². The molecule has 0 saturated heterocycles. The smallest absolute Gasteiger partial charge is 0.410 e. The summed E-state index contributed by atoms with van der Waals surface area (Å²) in [4.78, 5) is 32.0. The highest BCUT2D eigenvalue weighted by atomic mass is 32.2. The summed E-state index contributed by atoms with van der Waals surface area (Å²) in [7, 11) is 1.62. The Morgan fingerprint density at radius 3 is 2.81 bits per heavy atom. The molecule has 188 valence electrons. The van der Waals surface area contributed by atoms with Gasteiger partial charge in [0, 0.05) is 36.7 Å². The van der Waals surface area contributed by atoms with Gasteiger partial charge in [-0.05, 0) is 54.7 Å². The molecule has 2 aliphatic heterocycles. The molecule has 9 heteroatoms. The monoisotopic (exact) mass is 506 g/mol. The van der Waals surface area contributed by atoms with Gasteiger partial charge in [-0.2, -0.15) is 5.26 Å². The summed E-state index contributed by atoms with van der Waals surface area (Å²) in [5, 5.41) is 12.5. The summed E-state index contributed by atoms with van der Waals surface area (Å²) >= 11 is 1.47.